The first kappa shape index (κ1) is 16.7. The van der Waals surface area contributed by atoms with Gasteiger partial charge in [-0.25, -0.2) is 0 Å². The van der Waals surface area contributed by atoms with Gasteiger partial charge in [0, 0.05) is 36.8 Å². The third-order valence-electron chi connectivity index (χ3n) is 7.60. The van der Waals surface area contributed by atoms with E-state index >= 15 is 0 Å². The summed E-state index contributed by atoms with van der Waals surface area (Å²) in [5, 5.41) is 5.66. The van der Waals surface area contributed by atoms with E-state index < -0.39 is 0 Å². The Hall–Kier alpha value is -0.450. The number of rotatable bonds is 2. The van der Waals surface area contributed by atoms with Crippen molar-refractivity contribution < 1.29 is 0 Å². The molecular formula is C21H33N3S. The average Bonchev–Trinajstić information content (AvgIpc) is 3.23. The fourth-order valence-electron chi connectivity index (χ4n) is 6.43. The summed E-state index contributed by atoms with van der Waals surface area (Å²) in [5.41, 5.74) is 2.22. The minimum absolute atomic E-state index is 0.192. The Bertz CT molecular complexity index is 594. The molecule has 1 aliphatic carbocycles. The van der Waals surface area contributed by atoms with Crippen molar-refractivity contribution in [1.82, 2.24) is 15.1 Å². The van der Waals surface area contributed by atoms with Crippen LogP contribution in [-0.2, 0) is 0 Å². The summed E-state index contributed by atoms with van der Waals surface area (Å²) in [6.45, 7) is 8.77. The van der Waals surface area contributed by atoms with Crippen molar-refractivity contribution in [3.8, 4) is 0 Å². The zero-order valence-electron chi connectivity index (χ0n) is 15.7. The zero-order chi connectivity index (χ0) is 16.9. The fourth-order valence-corrected chi connectivity index (χ4v) is 7.73. The second kappa shape index (κ2) is 6.31. The van der Waals surface area contributed by atoms with Gasteiger partial charge in [-0.2, -0.15) is 0 Å². The summed E-state index contributed by atoms with van der Waals surface area (Å²) in [6.07, 6.45) is 14.7. The molecule has 5 rings (SSSR count). The molecule has 1 N–H and O–H groups in total. The minimum atomic E-state index is 0.192. The van der Waals surface area contributed by atoms with E-state index in [1.165, 1.54) is 70.3 Å². The standard InChI is InChI=1S/C21H33N3S/c1-20(16-23-11-3-2-4-12-23)9-5-7-18-21(20)10-6-13-24(21)19-17(15-22-18)8-14-25-19/h6,10,18,22H,2-5,7-9,11-16H2,1H3. The largest absolute Gasteiger partial charge is 0.351 e. The Morgan fingerprint density at radius 1 is 1.24 bits per heavy atom. The highest BCUT2D eigenvalue weighted by Gasteiger charge is 2.60. The van der Waals surface area contributed by atoms with Gasteiger partial charge in [-0.1, -0.05) is 31.9 Å². The molecule has 0 aromatic rings. The topological polar surface area (TPSA) is 18.5 Å². The SMILES string of the molecule is CC1(CN2CCCCC2)CCCC2NCC3=C(SCC3)N3CC=CC231. The molecular weight excluding hydrogens is 326 g/mol. The number of thioether (sulfide) groups is 1. The molecule has 0 aromatic heterocycles. The molecule has 3 atom stereocenters. The molecule has 25 heavy (non-hydrogen) atoms. The van der Waals surface area contributed by atoms with Gasteiger partial charge >= 0.3 is 0 Å². The van der Waals surface area contributed by atoms with Crippen LogP contribution in [0.1, 0.15) is 51.9 Å². The van der Waals surface area contributed by atoms with E-state index in [9.17, 15) is 0 Å². The fraction of sp³-hybridized carbons (Fsp3) is 0.810. The highest BCUT2D eigenvalue weighted by Crippen LogP contribution is 2.55. The van der Waals surface area contributed by atoms with Crippen LogP contribution in [0.3, 0.4) is 0 Å². The van der Waals surface area contributed by atoms with Crippen LogP contribution < -0.4 is 5.32 Å². The maximum atomic E-state index is 4.03. The van der Waals surface area contributed by atoms with Gasteiger partial charge in [0.25, 0.3) is 0 Å². The summed E-state index contributed by atoms with van der Waals surface area (Å²) in [6, 6.07) is 0.612. The van der Waals surface area contributed by atoms with Crippen molar-refractivity contribution in [2.75, 3.05) is 38.5 Å². The third-order valence-corrected chi connectivity index (χ3v) is 8.79. The molecule has 4 heterocycles. The summed E-state index contributed by atoms with van der Waals surface area (Å²) >= 11 is 2.13. The third kappa shape index (κ3) is 2.47. The first-order chi connectivity index (χ1) is 12.2. The van der Waals surface area contributed by atoms with Gasteiger partial charge in [-0.15, -0.1) is 11.8 Å². The van der Waals surface area contributed by atoms with Crippen LogP contribution in [-0.4, -0.2) is 59.9 Å². The van der Waals surface area contributed by atoms with Crippen LogP contribution in [0.5, 0.6) is 0 Å². The van der Waals surface area contributed by atoms with Gasteiger partial charge in [-0.3, -0.25) is 0 Å². The number of nitrogens with zero attached hydrogens (tertiary/aromatic N) is 2. The monoisotopic (exact) mass is 359 g/mol. The van der Waals surface area contributed by atoms with Crippen molar-refractivity contribution in [1.29, 1.82) is 0 Å². The van der Waals surface area contributed by atoms with Gasteiger partial charge < -0.3 is 15.1 Å². The summed E-state index contributed by atoms with van der Waals surface area (Å²) in [4.78, 5) is 5.63. The van der Waals surface area contributed by atoms with E-state index in [4.69, 9.17) is 0 Å². The molecule has 0 bridgehead atoms. The number of likely N-dealkylation sites (tertiary alicyclic amines) is 1. The first-order valence-corrected chi connectivity index (χ1v) is 11.5. The lowest BCUT2D eigenvalue weighted by molar-refractivity contribution is -0.0328. The minimum Gasteiger partial charge on any atom is -0.351 e. The molecule has 4 aliphatic heterocycles. The highest BCUT2D eigenvalue weighted by atomic mass is 32.2. The average molecular weight is 360 g/mol. The quantitative estimate of drug-likeness (QED) is 0.759. The van der Waals surface area contributed by atoms with Crippen molar-refractivity contribution in [2.24, 2.45) is 5.41 Å². The molecule has 4 heteroatoms. The molecule has 2 fully saturated rings. The zero-order valence-corrected chi connectivity index (χ0v) is 16.5. The second-order valence-electron chi connectivity index (χ2n) is 9.07. The Morgan fingerprint density at radius 3 is 3.00 bits per heavy atom. The summed E-state index contributed by atoms with van der Waals surface area (Å²) in [5.74, 6) is 1.28. The number of nitrogens with one attached hydrogen (secondary N) is 1. The molecule has 0 amide bonds. The van der Waals surface area contributed by atoms with Crippen molar-refractivity contribution >= 4 is 11.8 Å². The number of fused-ring (bicyclic) bond motifs is 1. The van der Waals surface area contributed by atoms with Crippen molar-refractivity contribution in [3.63, 3.8) is 0 Å². The van der Waals surface area contributed by atoms with Gasteiger partial charge in [0.1, 0.15) is 0 Å². The van der Waals surface area contributed by atoms with Gasteiger partial charge in [0.15, 0.2) is 0 Å². The Labute approximate surface area is 157 Å². The Balaban J connectivity index is 1.53. The Kier molecular flexibility index (Phi) is 4.22. The molecule has 138 valence electrons. The molecule has 1 saturated carbocycles. The normalized spacial score (nSPS) is 41.5. The lowest BCUT2D eigenvalue weighted by atomic mass is 9.59. The first-order valence-electron chi connectivity index (χ1n) is 10.5. The van der Waals surface area contributed by atoms with Crippen molar-refractivity contribution in [3.05, 3.63) is 22.8 Å². The lowest BCUT2D eigenvalue weighted by Crippen LogP contribution is -2.69. The number of piperidine rings is 1. The van der Waals surface area contributed by atoms with E-state index in [1.807, 2.05) is 0 Å². The maximum absolute atomic E-state index is 4.03. The summed E-state index contributed by atoms with van der Waals surface area (Å²) < 4.78 is 0. The smallest absolute Gasteiger partial charge is 0.0811 e. The van der Waals surface area contributed by atoms with Crippen LogP contribution in [0.25, 0.3) is 0 Å². The van der Waals surface area contributed by atoms with E-state index in [-0.39, 0.29) is 5.54 Å². The van der Waals surface area contributed by atoms with Gasteiger partial charge in [0.2, 0.25) is 0 Å². The van der Waals surface area contributed by atoms with E-state index in [0.717, 1.165) is 13.1 Å². The van der Waals surface area contributed by atoms with Crippen LogP contribution in [0.15, 0.2) is 22.8 Å². The highest BCUT2D eigenvalue weighted by molar-refractivity contribution is 8.03. The van der Waals surface area contributed by atoms with E-state index in [0.29, 0.717) is 11.5 Å². The summed E-state index contributed by atoms with van der Waals surface area (Å²) in [7, 11) is 0. The lowest BCUT2D eigenvalue weighted by Gasteiger charge is -2.59. The van der Waals surface area contributed by atoms with Crippen LogP contribution >= 0.6 is 11.8 Å². The van der Waals surface area contributed by atoms with E-state index in [2.05, 4.69) is 46.0 Å². The predicted octanol–water partition coefficient (Wildman–Crippen LogP) is 3.59. The van der Waals surface area contributed by atoms with Crippen LogP contribution in [0.4, 0.5) is 0 Å². The molecule has 3 unspecified atom stereocenters. The van der Waals surface area contributed by atoms with Crippen LogP contribution in [0, 0.1) is 5.41 Å². The molecule has 3 nitrogen and oxygen atoms in total. The van der Waals surface area contributed by atoms with Crippen LogP contribution in [0.2, 0.25) is 0 Å². The molecule has 0 radical (unpaired) electrons. The van der Waals surface area contributed by atoms with Gasteiger partial charge in [0.05, 0.1) is 10.6 Å². The van der Waals surface area contributed by atoms with Gasteiger partial charge in [-0.05, 0) is 50.8 Å². The molecule has 5 aliphatic rings. The molecule has 1 saturated heterocycles. The number of hydrogen-bond donors (Lipinski definition) is 1. The number of hydrogen-bond acceptors (Lipinski definition) is 4. The van der Waals surface area contributed by atoms with Crippen molar-refractivity contribution in [2.45, 2.75) is 63.5 Å². The second-order valence-corrected chi connectivity index (χ2v) is 10.2. The Morgan fingerprint density at radius 2 is 2.12 bits per heavy atom. The molecule has 1 spiro atoms. The predicted molar refractivity (Wildman–Crippen MR) is 107 cm³/mol. The van der Waals surface area contributed by atoms with E-state index in [1.54, 1.807) is 10.6 Å². The molecule has 0 aromatic carbocycles. The maximum Gasteiger partial charge on any atom is 0.0811 e.